The van der Waals surface area contributed by atoms with E-state index in [0.717, 1.165) is 17.5 Å². The van der Waals surface area contributed by atoms with Crippen LogP contribution < -0.4 is 20.9 Å². The van der Waals surface area contributed by atoms with E-state index < -0.39 is 0 Å². The number of hydrogen-bond donors (Lipinski definition) is 4. The van der Waals surface area contributed by atoms with E-state index in [0.29, 0.717) is 33.8 Å². The number of halogens is 1. The summed E-state index contributed by atoms with van der Waals surface area (Å²) in [7, 11) is 0. The number of benzene rings is 3. The number of carbonyl (C=O) groups is 1. The van der Waals surface area contributed by atoms with E-state index in [1.165, 1.54) is 5.56 Å². The summed E-state index contributed by atoms with van der Waals surface area (Å²) in [6.45, 7) is 0.929. The first-order valence-corrected chi connectivity index (χ1v) is 11.1. The summed E-state index contributed by atoms with van der Waals surface area (Å²) in [5.41, 5.74) is 8.66. The van der Waals surface area contributed by atoms with E-state index in [1.54, 1.807) is 30.3 Å². The van der Waals surface area contributed by atoms with Crippen molar-refractivity contribution in [3.05, 3.63) is 94.8 Å². The number of hydrogen-bond acceptors (Lipinski definition) is 4. The number of aromatic nitrogens is 2. The van der Waals surface area contributed by atoms with Gasteiger partial charge in [0.2, 0.25) is 0 Å². The van der Waals surface area contributed by atoms with Gasteiger partial charge in [-0.3, -0.25) is 15.6 Å². The maximum atomic E-state index is 12.3. The molecule has 0 bridgehead atoms. The fourth-order valence-electron chi connectivity index (χ4n) is 3.15. The van der Waals surface area contributed by atoms with E-state index in [1.807, 2.05) is 30.3 Å². The number of thiocarbonyl (C=S) groups is 1. The van der Waals surface area contributed by atoms with Crippen molar-refractivity contribution >= 4 is 45.9 Å². The normalized spacial score (nSPS) is 10.6. The zero-order valence-electron chi connectivity index (χ0n) is 17.6. The highest BCUT2D eigenvalue weighted by molar-refractivity contribution is 7.80. The van der Waals surface area contributed by atoms with Crippen molar-refractivity contribution in [2.75, 3.05) is 6.54 Å². The molecular weight excluding hydrogens is 458 g/mol. The Bertz CT molecular complexity index is 1240. The van der Waals surface area contributed by atoms with Crippen molar-refractivity contribution < 1.29 is 9.53 Å². The van der Waals surface area contributed by atoms with Crippen LogP contribution in [0.5, 0.6) is 5.75 Å². The summed E-state index contributed by atoms with van der Waals surface area (Å²) in [6.07, 6.45) is 0.833. The Kier molecular flexibility index (Phi) is 7.39. The molecule has 0 saturated heterocycles. The number of aromatic amines is 1. The van der Waals surface area contributed by atoms with E-state index in [-0.39, 0.29) is 12.5 Å². The van der Waals surface area contributed by atoms with Crippen LogP contribution in [-0.2, 0) is 13.0 Å². The Morgan fingerprint density at radius 1 is 1.03 bits per heavy atom. The number of H-pyrrole nitrogens is 1. The van der Waals surface area contributed by atoms with Gasteiger partial charge in [-0.15, -0.1) is 0 Å². The number of hydrazine groups is 1. The van der Waals surface area contributed by atoms with Crippen LogP contribution in [0.25, 0.3) is 11.0 Å². The van der Waals surface area contributed by atoms with Crippen molar-refractivity contribution in [3.8, 4) is 5.75 Å². The number of nitrogens with one attached hydrogen (secondary N) is 4. The second kappa shape index (κ2) is 10.8. The molecule has 0 radical (unpaired) electrons. The van der Waals surface area contributed by atoms with Crippen LogP contribution in [-0.4, -0.2) is 27.5 Å². The Morgan fingerprint density at radius 3 is 2.61 bits per heavy atom. The molecule has 3 aromatic carbocycles. The molecule has 0 aliphatic heterocycles. The summed E-state index contributed by atoms with van der Waals surface area (Å²) in [5, 5.41) is 4.06. The second-order valence-corrected chi connectivity index (χ2v) is 8.07. The van der Waals surface area contributed by atoms with Gasteiger partial charge in [-0.25, -0.2) is 4.98 Å². The van der Waals surface area contributed by atoms with Crippen LogP contribution in [0.4, 0.5) is 0 Å². The number of ether oxygens (including phenoxy) is 1. The summed E-state index contributed by atoms with van der Waals surface area (Å²) in [6, 6.07) is 22.4. The lowest BCUT2D eigenvalue weighted by molar-refractivity contribution is 0.0943. The fraction of sp³-hybridized carbons (Fsp3) is 0.125. The number of fused-ring (bicyclic) bond motifs is 1. The molecule has 4 rings (SSSR count). The molecule has 1 heterocycles. The molecule has 0 fully saturated rings. The molecule has 0 aliphatic rings. The molecule has 1 amide bonds. The topological polar surface area (TPSA) is 91.1 Å². The predicted molar refractivity (Wildman–Crippen MR) is 133 cm³/mol. The third-order valence-corrected chi connectivity index (χ3v) is 5.30. The highest BCUT2D eigenvalue weighted by Crippen LogP contribution is 2.18. The van der Waals surface area contributed by atoms with Crippen LogP contribution in [0.15, 0.2) is 72.8 Å². The molecule has 33 heavy (non-hydrogen) atoms. The first kappa shape index (κ1) is 22.6. The van der Waals surface area contributed by atoms with Gasteiger partial charge < -0.3 is 15.0 Å². The van der Waals surface area contributed by atoms with Gasteiger partial charge in [0.15, 0.2) is 5.11 Å². The minimum Gasteiger partial charge on any atom is -0.486 e. The lowest BCUT2D eigenvalue weighted by Crippen LogP contribution is -2.47. The van der Waals surface area contributed by atoms with Gasteiger partial charge >= 0.3 is 0 Å². The SMILES string of the molecule is O=C(NNC(=S)NCCc1ccccc1)c1ccc(OCc2nc3ccc(Cl)cc3[nH]2)cc1. The van der Waals surface area contributed by atoms with E-state index in [4.69, 9.17) is 28.6 Å². The van der Waals surface area contributed by atoms with E-state index >= 15 is 0 Å². The van der Waals surface area contributed by atoms with E-state index in [9.17, 15) is 4.79 Å². The number of amides is 1. The third kappa shape index (κ3) is 6.44. The smallest absolute Gasteiger partial charge is 0.269 e. The third-order valence-electron chi connectivity index (χ3n) is 4.82. The summed E-state index contributed by atoms with van der Waals surface area (Å²) in [4.78, 5) is 20.0. The largest absolute Gasteiger partial charge is 0.486 e. The van der Waals surface area contributed by atoms with Crippen molar-refractivity contribution in [1.29, 1.82) is 0 Å². The molecular formula is C24H22ClN5O2S. The van der Waals surface area contributed by atoms with Crippen molar-refractivity contribution in [1.82, 2.24) is 26.1 Å². The standard InChI is InChI=1S/C24H22ClN5O2S/c25-18-8-11-20-21(14-18)28-22(27-20)15-32-19-9-6-17(7-10-19)23(31)29-30-24(33)26-13-12-16-4-2-1-3-5-16/h1-11,14H,12-13,15H2,(H,27,28)(H,29,31)(H2,26,30,33). The maximum Gasteiger partial charge on any atom is 0.269 e. The van der Waals surface area contributed by atoms with Gasteiger partial charge in [-0.2, -0.15) is 0 Å². The van der Waals surface area contributed by atoms with Crippen molar-refractivity contribution in [2.24, 2.45) is 0 Å². The zero-order chi connectivity index (χ0) is 23.0. The average Bonchev–Trinajstić information content (AvgIpc) is 3.24. The van der Waals surface area contributed by atoms with Gasteiger partial charge in [0.05, 0.1) is 11.0 Å². The Balaban J connectivity index is 1.20. The minimum atomic E-state index is -0.303. The molecule has 1 aromatic heterocycles. The summed E-state index contributed by atoms with van der Waals surface area (Å²) >= 11 is 11.2. The molecule has 0 spiro atoms. The predicted octanol–water partition coefficient (Wildman–Crippen LogP) is 4.15. The lowest BCUT2D eigenvalue weighted by Gasteiger charge is -2.12. The monoisotopic (exact) mass is 479 g/mol. The Labute approximate surface area is 201 Å². The van der Waals surface area contributed by atoms with Gasteiger partial charge in [-0.05, 0) is 66.7 Å². The summed E-state index contributed by atoms with van der Waals surface area (Å²) < 4.78 is 5.76. The molecule has 168 valence electrons. The van der Waals surface area contributed by atoms with Gasteiger partial charge in [0.25, 0.3) is 5.91 Å². The highest BCUT2D eigenvalue weighted by Gasteiger charge is 2.08. The van der Waals surface area contributed by atoms with Gasteiger partial charge in [0.1, 0.15) is 18.2 Å². The maximum absolute atomic E-state index is 12.3. The zero-order valence-corrected chi connectivity index (χ0v) is 19.2. The fourth-order valence-corrected chi connectivity index (χ4v) is 3.48. The van der Waals surface area contributed by atoms with E-state index in [2.05, 4.69) is 38.3 Å². The second-order valence-electron chi connectivity index (χ2n) is 7.23. The molecule has 4 aromatic rings. The Morgan fingerprint density at radius 2 is 1.82 bits per heavy atom. The van der Waals surface area contributed by atoms with Crippen LogP contribution in [0.3, 0.4) is 0 Å². The lowest BCUT2D eigenvalue weighted by atomic mass is 10.1. The molecule has 0 saturated carbocycles. The van der Waals surface area contributed by atoms with Gasteiger partial charge in [-0.1, -0.05) is 41.9 Å². The van der Waals surface area contributed by atoms with Crippen LogP contribution in [0.2, 0.25) is 5.02 Å². The molecule has 7 nitrogen and oxygen atoms in total. The molecule has 9 heteroatoms. The molecule has 0 aliphatic carbocycles. The first-order chi connectivity index (χ1) is 16.1. The average molecular weight is 480 g/mol. The minimum absolute atomic E-state index is 0.266. The van der Waals surface area contributed by atoms with Crippen molar-refractivity contribution in [2.45, 2.75) is 13.0 Å². The quantitative estimate of drug-likeness (QED) is 0.235. The van der Waals surface area contributed by atoms with Crippen LogP contribution in [0, 0.1) is 0 Å². The van der Waals surface area contributed by atoms with Crippen LogP contribution in [0.1, 0.15) is 21.7 Å². The highest BCUT2D eigenvalue weighted by atomic mass is 35.5. The van der Waals surface area contributed by atoms with Gasteiger partial charge in [0, 0.05) is 17.1 Å². The molecule has 4 N–H and O–H groups in total. The number of rotatable bonds is 7. The van der Waals surface area contributed by atoms with Crippen LogP contribution >= 0.6 is 23.8 Å². The Hall–Kier alpha value is -3.62. The molecule has 0 unspecified atom stereocenters. The summed E-state index contributed by atoms with van der Waals surface area (Å²) in [5.74, 6) is 1.01. The number of carbonyl (C=O) groups excluding carboxylic acids is 1. The number of nitrogens with zero attached hydrogens (tertiary/aromatic N) is 1. The number of imidazole rings is 1. The van der Waals surface area contributed by atoms with Crippen molar-refractivity contribution in [3.63, 3.8) is 0 Å². The molecule has 0 atom stereocenters. The first-order valence-electron chi connectivity index (χ1n) is 10.3.